The van der Waals surface area contributed by atoms with Crippen molar-refractivity contribution in [3.05, 3.63) is 29.3 Å². The molecule has 3 nitrogen and oxygen atoms in total. The van der Waals surface area contributed by atoms with Crippen molar-refractivity contribution < 1.29 is 9.90 Å². The maximum atomic E-state index is 12.5. The maximum Gasteiger partial charge on any atom is 0.254 e. The number of carbonyl (C=O) groups is 1. The SMILES string of the molecule is Cc1cc(O)ccc1C(=O)N1CCCC(C)(C)C1. The minimum atomic E-state index is 0.0836. The molecule has 1 heterocycles. The molecule has 18 heavy (non-hydrogen) atoms. The van der Waals surface area contributed by atoms with Gasteiger partial charge in [-0.25, -0.2) is 0 Å². The fraction of sp³-hybridized carbons (Fsp3) is 0.533. The molecule has 2 rings (SSSR count). The number of piperidine rings is 1. The lowest BCUT2D eigenvalue weighted by atomic mass is 9.84. The Morgan fingerprint density at radius 3 is 2.72 bits per heavy atom. The third-order valence-corrected chi connectivity index (χ3v) is 3.63. The number of aromatic hydroxyl groups is 1. The Balaban J connectivity index is 2.20. The molecule has 0 aliphatic carbocycles. The predicted octanol–water partition coefficient (Wildman–Crippen LogP) is 2.96. The van der Waals surface area contributed by atoms with Gasteiger partial charge in [0.2, 0.25) is 0 Å². The van der Waals surface area contributed by atoms with Crippen molar-refractivity contribution in [1.82, 2.24) is 4.90 Å². The predicted molar refractivity (Wildman–Crippen MR) is 71.8 cm³/mol. The summed E-state index contributed by atoms with van der Waals surface area (Å²) in [5.41, 5.74) is 1.74. The molecule has 1 aliphatic rings. The highest BCUT2D eigenvalue weighted by Gasteiger charge is 2.29. The van der Waals surface area contributed by atoms with Gasteiger partial charge in [0.1, 0.15) is 5.75 Å². The smallest absolute Gasteiger partial charge is 0.254 e. The van der Waals surface area contributed by atoms with Crippen LogP contribution in [0.15, 0.2) is 18.2 Å². The van der Waals surface area contributed by atoms with Crippen LogP contribution in [0.2, 0.25) is 0 Å². The van der Waals surface area contributed by atoms with E-state index in [2.05, 4.69) is 13.8 Å². The number of amides is 1. The van der Waals surface area contributed by atoms with Crippen molar-refractivity contribution in [3.63, 3.8) is 0 Å². The third-order valence-electron chi connectivity index (χ3n) is 3.63. The minimum absolute atomic E-state index is 0.0836. The third kappa shape index (κ3) is 2.66. The summed E-state index contributed by atoms with van der Waals surface area (Å²) in [6, 6.07) is 4.94. The van der Waals surface area contributed by atoms with Crippen LogP contribution in [0.1, 0.15) is 42.6 Å². The number of hydrogen-bond acceptors (Lipinski definition) is 2. The van der Waals surface area contributed by atoms with Crippen molar-refractivity contribution in [2.75, 3.05) is 13.1 Å². The average Bonchev–Trinajstić information content (AvgIpc) is 2.27. The summed E-state index contributed by atoms with van der Waals surface area (Å²) in [7, 11) is 0. The van der Waals surface area contributed by atoms with Crippen LogP contribution in [0, 0.1) is 12.3 Å². The van der Waals surface area contributed by atoms with Gasteiger partial charge in [-0.1, -0.05) is 13.8 Å². The number of benzene rings is 1. The molecule has 0 bridgehead atoms. The van der Waals surface area contributed by atoms with Crippen LogP contribution < -0.4 is 0 Å². The van der Waals surface area contributed by atoms with Gasteiger partial charge in [-0.3, -0.25) is 4.79 Å². The van der Waals surface area contributed by atoms with Gasteiger partial charge in [0.15, 0.2) is 0 Å². The van der Waals surface area contributed by atoms with Gasteiger partial charge in [-0.2, -0.15) is 0 Å². The van der Waals surface area contributed by atoms with Crippen molar-refractivity contribution in [2.45, 2.75) is 33.6 Å². The maximum absolute atomic E-state index is 12.5. The first-order chi connectivity index (χ1) is 8.39. The van der Waals surface area contributed by atoms with E-state index in [4.69, 9.17) is 0 Å². The number of nitrogens with zero attached hydrogens (tertiary/aromatic N) is 1. The van der Waals surface area contributed by atoms with Gasteiger partial charge in [-0.15, -0.1) is 0 Å². The number of hydrogen-bond donors (Lipinski definition) is 1. The summed E-state index contributed by atoms with van der Waals surface area (Å²) < 4.78 is 0. The molecule has 0 radical (unpaired) electrons. The van der Waals surface area contributed by atoms with E-state index < -0.39 is 0 Å². The minimum Gasteiger partial charge on any atom is -0.508 e. The molecule has 0 saturated carbocycles. The fourth-order valence-electron chi connectivity index (χ4n) is 2.65. The quantitative estimate of drug-likeness (QED) is 0.828. The number of carbonyl (C=O) groups excluding carboxylic acids is 1. The van der Waals surface area contributed by atoms with Gasteiger partial charge >= 0.3 is 0 Å². The number of aryl methyl sites for hydroxylation is 1. The summed E-state index contributed by atoms with van der Waals surface area (Å²) in [4.78, 5) is 14.4. The van der Waals surface area contributed by atoms with Gasteiger partial charge in [-0.05, 0) is 48.9 Å². The molecule has 0 spiro atoms. The normalized spacial score (nSPS) is 18.7. The molecule has 0 aromatic heterocycles. The Kier molecular flexibility index (Phi) is 3.33. The first-order valence-electron chi connectivity index (χ1n) is 6.48. The number of rotatable bonds is 1. The highest BCUT2D eigenvalue weighted by molar-refractivity contribution is 5.95. The van der Waals surface area contributed by atoms with E-state index in [9.17, 15) is 9.90 Å². The van der Waals surface area contributed by atoms with Gasteiger partial charge in [0.05, 0.1) is 0 Å². The molecule has 1 amide bonds. The zero-order valence-electron chi connectivity index (χ0n) is 11.4. The Morgan fingerprint density at radius 2 is 2.11 bits per heavy atom. The van der Waals surface area contributed by atoms with Crippen molar-refractivity contribution in [3.8, 4) is 5.75 Å². The van der Waals surface area contributed by atoms with Crippen molar-refractivity contribution in [2.24, 2.45) is 5.41 Å². The van der Waals surface area contributed by atoms with E-state index in [-0.39, 0.29) is 17.1 Å². The Bertz CT molecular complexity index is 466. The van der Waals surface area contributed by atoms with E-state index in [1.807, 2.05) is 11.8 Å². The van der Waals surface area contributed by atoms with Crippen molar-refractivity contribution in [1.29, 1.82) is 0 Å². The molecule has 1 aliphatic heterocycles. The van der Waals surface area contributed by atoms with Gasteiger partial charge < -0.3 is 10.0 Å². The van der Waals surface area contributed by atoms with Crippen LogP contribution >= 0.6 is 0 Å². The van der Waals surface area contributed by atoms with E-state index >= 15 is 0 Å². The Hall–Kier alpha value is -1.51. The zero-order chi connectivity index (χ0) is 13.3. The molecule has 1 fully saturated rings. The zero-order valence-corrected chi connectivity index (χ0v) is 11.4. The monoisotopic (exact) mass is 247 g/mol. The molecule has 1 aromatic carbocycles. The molecule has 3 heteroatoms. The molecule has 0 unspecified atom stereocenters. The fourth-order valence-corrected chi connectivity index (χ4v) is 2.65. The average molecular weight is 247 g/mol. The lowest BCUT2D eigenvalue weighted by Gasteiger charge is -2.38. The molecular formula is C15H21NO2. The molecule has 0 atom stereocenters. The summed E-state index contributed by atoms with van der Waals surface area (Å²) in [5.74, 6) is 0.295. The van der Waals surface area contributed by atoms with Gasteiger partial charge in [0, 0.05) is 18.7 Å². The first kappa shape index (κ1) is 12.9. The number of phenolic OH excluding ortho intramolecular Hbond substituents is 1. The summed E-state index contributed by atoms with van der Waals surface area (Å²) in [6.07, 6.45) is 2.24. The molecular weight excluding hydrogens is 226 g/mol. The second-order valence-electron chi connectivity index (χ2n) is 5.99. The van der Waals surface area contributed by atoms with Crippen LogP contribution in [-0.4, -0.2) is 29.0 Å². The summed E-state index contributed by atoms with van der Waals surface area (Å²) >= 11 is 0. The second-order valence-corrected chi connectivity index (χ2v) is 5.99. The molecule has 98 valence electrons. The highest BCUT2D eigenvalue weighted by atomic mass is 16.3. The number of likely N-dealkylation sites (tertiary alicyclic amines) is 1. The lowest BCUT2D eigenvalue weighted by Crippen LogP contribution is -2.43. The standard InChI is InChI=1S/C15H21NO2/c1-11-9-12(17)5-6-13(11)14(18)16-8-4-7-15(2,3)10-16/h5-6,9,17H,4,7-8,10H2,1-3H3. The Labute approximate surface area is 108 Å². The number of phenols is 1. The largest absolute Gasteiger partial charge is 0.508 e. The van der Waals surface area contributed by atoms with E-state index in [0.717, 1.165) is 25.1 Å². The summed E-state index contributed by atoms with van der Waals surface area (Å²) in [5, 5.41) is 9.39. The van der Waals surface area contributed by atoms with E-state index in [1.165, 1.54) is 6.42 Å². The molecule has 1 N–H and O–H groups in total. The molecule has 1 aromatic rings. The highest BCUT2D eigenvalue weighted by Crippen LogP contribution is 2.29. The second kappa shape index (κ2) is 4.63. The van der Waals surface area contributed by atoms with E-state index in [0.29, 0.717) is 5.56 Å². The van der Waals surface area contributed by atoms with Crippen LogP contribution in [0.4, 0.5) is 0 Å². The summed E-state index contributed by atoms with van der Waals surface area (Å²) in [6.45, 7) is 7.92. The van der Waals surface area contributed by atoms with Crippen LogP contribution in [-0.2, 0) is 0 Å². The molecule has 1 saturated heterocycles. The van der Waals surface area contributed by atoms with E-state index in [1.54, 1.807) is 18.2 Å². The van der Waals surface area contributed by atoms with Crippen molar-refractivity contribution >= 4 is 5.91 Å². The topological polar surface area (TPSA) is 40.5 Å². The Morgan fingerprint density at radius 1 is 1.39 bits per heavy atom. The lowest BCUT2D eigenvalue weighted by molar-refractivity contribution is 0.0582. The van der Waals surface area contributed by atoms with Gasteiger partial charge in [0.25, 0.3) is 5.91 Å². The van der Waals surface area contributed by atoms with Crippen LogP contribution in [0.25, 0.3) is 0 Å². The van der Waals surface area contributed by atoms with Crippen LogP contribution in [0.3, 0.4) is 0 Å². The van der Waals surface area contributed by atoms with Crippen LogP contribution in [0.5, 0.6) is 5.75 Å². The first-order valence-corrected chi connectivity index (χ1v) is 6.48.